The van der Waals surface area contributed by atoms with Crippen LogP contribution in [-0.2, 0) is 5.41 Å². The van der Waals surface area contributed by atoms with Crippen LogP contribution >= 0.6 is 0 Å². The van der Waals surface area contributed by atoms with Crippen LogP contribution < -0.4 is 4.74 Å². The molecule has 8 heteroatoms. The third kappa shape index (κ3) is 4.88. The van der Waals surface area contributed by atoms with Gasteiger partial charge in [-0.05, 0) is 132 Å². The Labute approximate surface area is 394 Å². The topological polar surface area (TPSA) is 97.4 Å². The highest BCUT2D eigenvalue weighted by Crippen LogP contribution is 2.62. The highest BCUT2D eigenvalue weighted by atomic mass is 16.5. The van der Waals surface area contributed by atoms with E-state index in [0.29, 0.717) is 11.1 Å². The number of fused-ring (bicyclic) bond motifs is 18. The third-order valence-electron chi connectivity index (χ3n) is 14.6. The van der Waals surface area contributed by atoms with E-state index in [2.05, 4.69) is 165 Å². The Bertz CT molecular complexity index is 4350. The van der Waals surface area contributed by atoms with Gasteiger partial charge in [-0.2, -0.15) is 10.5 Å². The zero-order valence-corrected chi connectivity index (χ0v) is 36.6. The number of ether oxygens (including phenoxy) is 1. The second-order valence-corrected chi connectivity index (χ2v) is 18.0. The average molecular weight is 880 g/mol. The molecule has 0 saturated carbocycles. The molecule has 0 amide bonds. The molecule has 318 valence electrons. The van der Waals surface area contributed by atoms with Crippen molar-refractivity contribution in [1.82, 2.24) is 23.7 Å². The molecule has 0 saturated heterocycles. The molecule has 2 aliphatic rings. The van der Waals surface area contributed by atoms with E-state index in [0.717, 1.165) is 106 Å². The Morgan fingerprint density at radius 2 is 0.754 bits per heavy atom. The summed E-state index contributed by atoms with van der Waals surface area (Å²) in [6.07, 6.45) is 3.69. The fourth-order valence-corrected chi connectivity index (χ4v) is 11.9. The van der Waals surface area contributed by atoms with Crippen molar-refractivity contribution in [2.45, 2.75) is 5.41 Å². The highest BCUT2D eigenvalue weighted by molar-refractivity contribution is 6.13. The Morgan fingerprint density at radius 3 is 1.23 bits per heavy atom. The maximum atomic E-state index is 9.94. The molecule has 0 N–H and O–H groups in total. The molecule has 8 aromatic carbocycles. The number of rotatable bonds is 3. The molecular weight excluding hydrogens is 847 g/mol. The van der Waals surface area contributed by atoms with E-state index < -0.39 is 5.41 Å². The Kier molecular flexibility index (Phi) is 7.41. The second kappa shape index (κ2) is 13.6. The molecule has 0 unspecified atom stereocenters. The van der Waals surface area contributed by atoms with Gasteiger partial charge in [-0.25, -0.2) is 0 Å². The molecule has 69 heavy (non-hydrogen) atoms. The van der Waals surface area contributed by atoms with Crippen LogP contribution in [-0.4, -0.2) is 23.7 Å². The first-order chi connectivity index (χ1) is 34.1. The van der Waals surface area contributed by atoms with Crippen LogP contribution in [0.3, 0.4) is 0 Å². The number of hydrogen-bond donors (Lipinski definition) is 0. The van der Waals surface area contributed by atoms with Gasteiger partial charge in [-0.15, -0.1) is 0 Å². The number of pyridine rings is 2. The van der Waals surface area contributed by atoms with E-state index in [1.54, 1.807) is 0 Å². The summed E-state index contributed by atoms with van der Waals surface area (Å²) in [5, 5.41) is 26.5. The van der Waals surface area contributed by atoms with Crippen LogP contribution in [0.5, 0.6) is 11.5 Å². The van der Waals surface area contributed by atoms with Crippen molar-refractivity contribution >= 4 is 65.4 Å². The van der Waals surface area contributed by atoms with Gasteiger partial charge in [0.15, 0.2) is 0 Å². The summed E-state index contributed by atoms with van der Waals surface area (Å²) in [7, 11) is 0. The molecule has 1 spiro atoms. The molecule has 13 aromatic rings. The van der Waals surface area contributed by atoms with Gasteiger partial charge in [-0.1, -0.05) is 66.7 Å². The van der Waals surface area contributed by atoms with Gasteiger partial charge in [0.05, 0.1) is 73.2 Å². The molecule has 0 radical (unpaired) electrons. The third-order valence-corrected chi connectivity index (χ3v) is 14.6. The first-order valence-electron chi connectivity index (χ1n) is 22.9. The lowest BCUT2D eigenvalue weighted by Gasteiger charge is -2.39. The predicted octanol–water partition coefficient (Wildman–Crippen LogP) is 14.0. The zero-order chi connectivity index (χ0) is 45.5. The molecule has 1 aliphatic heterocycles. The van der Waals surface area contributed by atoms with Gasteiger partial charge in [0, 0.05) is 72.9 Å². The Hall–Kier alpha value is -9.76. The summed E-state index contributed by atoms with van der Waals surface area (Å²) in [4.78, 5) is 10.1. The lowest BCUT2D eigenvalue weighted by Crippen LogP contribution is -2.32. The molecule has 0 atom stereocenters. The molecule has 5 aromatic heterocycles. The van der Waals surface area contributed by atoms with Crippen molar-refractivity contribution in [3.05, 3.63) is 234 Å². The van der Waals surface area contributed by atoms with E-state index in [9.17, 15) is 10.5 Å². The second-order valence-electron chi connectivity index (χ2n) is 18.0. The largest absolute Gasteiger partial charge is 0.457 e. The molecular formula is C61H33N7O. The maximum absolute atomic E-state index is 9.94. The van der Waals surface area contributed by atoms with Crippen LogP contribution in [0.4, 0.5) is 0 Å². The monoisotopic (exact) mass is 879 g/mol. The molecule has 15 rings (SSSR count). The van der Waals surface area contributed by atoms with Gasteiger partial charge in [0.1, 0.15) is 11.5 Å². The maximum Gasteiger partial charge on any atom is 0.132 e. The van der Waals surface area contributed by atoms with Gasteiger partial charge < -0.3 is 18.4 Å². The lowest BCUT2D eigenvalue weighted by atomic mass is 9.66. The molecule has 0 bridgehead atoms. The fraction of sp³-hybridized carbons (Fsp3) is 0.0164. The van der Waals surface area contributed by atoms with Crippen LogP contribution in [0.25, 0.3) is 93.9 Å². The summed E-state index contributed by atoms with van der Waals surface area (Å²) in [6, 6.07) is 70.4. The van der Waals surface area contributed by atoms with E-state index in [4.69, 9.17) is 14.7 Å². The standard InChI is InChI=1S/C61H33N7O/c62-34-36-17-22-54-44(29-36)45-30-37(35-63)18-23-55(45)68(54)40-21-26-58-50(33-40)61(47-12-7-27-64-59(47)60-48(61)13-8-28-65-60)49-32-39(20-25-57(49)69-58)67-53-16-6-3-11-43(53)46-31-38(19-24-56(46)67)66-51-14-4-1-9-41(51)42-10-2-5-15-52(42)66/h1-33H. The van der Waals surface area contributed by atoms with E-state index in [1.807, 2.05) is 60.9 Å². The smallest absolute Gasteiger partial charge is 0.132 e. The summed E-state index contributed by atoms with van der Waals surface area (Å²) in [5.74, 6) is 1.49. The lowest BCUT2D eigenvalue weighted by molar-refractivity contribution is 0.436. The van der Waals surface area contributed by atoms with Crippen molar-refractivity contribution in [1.29, 1.82) is 10.5 Å². The number of hydrogen-bond acceptors (Lipinski definition) is 5. The van der Waals surface area contributed by atoms with Crippen molar-refractivity contribution in [2.24, 2.45) is 0 Å². The minimum Gasteiger partial charge on any atom is -0.457 e. The van der Waals surface area contributed by atoms with Crippen LogP contribution in [0.15, 0.2) is 200 Å². The van der Waals surface area contributed by atoms with Crippen molar-refractivity contribution in [2.75, 3.05) is 0 Å². The highest BCUT2D eigenvalue weighted by Gasteiger charge is 2.52. The van der Waals surface area contributed by atoms with Crippen molar-refractivity contribution in [3.8, 4) is 52.1 Å². The van der Waals surface area contributed by atoms with Crippen LogP contribution in [0.1, 0.15) is 33.4 Å². The van der Waals surface area contributed by atoms with Crippen LogP contribution in [0.2, 0.25) is 0 Å². The first-order valence-corrected chi connectivity index (χ1v) is 22.9. The zero-order valence-electron chi connectivity index (χ0n) is 36.6. The number of para-hydroxylation sites is 3. The fourth-order valence-electron chi connectivity index (χ4n) is 11.9. The average Bonchev–Trinajstić information content (AvgIpc) is 4.12. The quantitative estimate of drug-likeness (QED) is 0.176. The number of benzene rings is 8. The normalized spacial score (nSPS) is 13.1. The van der Waals surface area contributed by atoms with Gasteiger partial charge >= 0.3 is 0 Å². The van der Waals surface area contributed by atoms with E-state index in [1.165, 1.54) is 21.8 Å². The predicted molar refractivity (Wildman–Crippen MR) is 272 cm³/mol. The van der Waals surface area contributed by atoms with E-state index >= 15 is 0 Å². The molecule has 0 fully saturated rings. The summed E-state index contributed by atoms with van der Waals surface area (Å²) in [6.45, 7) is 0. The minimum atomic E-state index is -0.884. The minimum absolute atomic E-state index is 0.556. The number of aromatic nitrogens is 5. The first kappa shape index (κ1) is 37.5. The molecule has 1 aliphatic carbocycles. The Morgan fingerprint density at radius 1 is 0.362 bits per heavy atom. The van der Waals surface area contributed by atoms with Gasteiger partial charge in [0.25, 0.3) is 0 Å². The number of nitrogens with zero attached hydrogens (tertiary/aromatic N) is 7. The van der Waals surface area contributed by atoms with Gasteiger partial charge in [0.2, 0.25) is 0 Å². The SMILES string of the molecule is N#Cc1ccc2c(c1)c1cc(C#N)ccc1n2-c1ccc2c(c1)C1(c3cc(-n4c5ccccc5c5cc(-n6c7ccccc7c7ccccc76)ccc54)ccc3O2)c2cccnc2-c2ncccc21. The molecule has 6 heterocycles. The summed E-state index contributed by atoms with van der Waals surface area (Å²) in [5.41, 5.74) is 15.3. The summed E-state index contributed by atoms with van der Waals surface area (Å²) < 4.78 is 14.0. The summed E-state index contributed by atoms with van der Waals surface area (Å²) >= 11 is 0. The van der Waals surface area contributed by atoms with Crippen molar-refractivity contribution < 1.29 is 4.74 Å². The van der Waals surface area contributed by atoms with Gasteiger partial charge in [-0.3, -0.25) is 9.97 Å². The van der Waals surface area contributed by atoms with Crippen LogP contribution in [0, 0.1) is 22.7 Å². The van der Waals surface area contributed by atoms with Crippen molar-refractivity contribution in [3.63, 3.8) is 0 Å². The number of nitriles is 2. The van der Waals surface area contributed by atoms with E-state index in [-0.39, 0.29) is 0 Å². The molecule has 8 nitrogen and oxygen atoms in total. The Balaban J connectivity index is 0.987.